The molecular formula is C10H12FN3O4S. The van der Waals surface area contributed by atoms with E-state index < -0.39 is 26.5 Å². The largest absolute Gasteiger partial charge is 0.315 e. The van der Waals surface area contributed by atoms with Gasteiger partial charge in [0.1, 0.15) is 0 Å². The molecule has 104 valence electrons. The van der Waals surface area contributed by atoms with Gasteiger partial charge >= 0.3 is 5.69 Å². The Balaban J connectivity index is 2.25. The van der Waals surface area contributed by atoms with Crippen LogP contribution in [0.2, 0.25) is 0 Å². The number of halogens is 1. The van der Waals surface area contributed by atoms with Gasteiger partial charge in [0.2, 0.25) is 15.8 Å². The van der Waals surface area contributed by atoms with Gasteiger partial charge in [0.15, 0.2) is 0 Å². The molecule has 1 aromatic rings. The molecule has 2 rings (SSSR count). The minimum Gasteiger partial charge on any atom is -0.315 e. The van der Waals surface area contributed by atoms with E-state index in [1.807, 2.05) is 0 Å². The van der Waals surface area contributed by atoms with Gasteiger partial charge in [0.25, 0.3) is 0 Å². The highest BCUT2D eigenvalue weighted by Gasteiger charge is 2.25. The van der Waals surface area contributed by atoms with E-state index in [-0.39, 0.29) is 10.9 Å². The van der Waals surface area contributed by atoms with Gasteiger partial charge in [0, 0.05) is 24.7 Å². The molecule has 0 aromatic heterocycles. The maximum absolute atomic E-state index is 13.4. The van der Waals surface area contributed by atoms with Crippen LogP contribution in [0.15, 0.2) is 23.1 Å². The Kier molecular flexibility index (Phi) is 3.78. The molecule has 1 saturated heterocycles. The summed E-state index contributed by atoms with van der Waals surface area (Å²) in [5.74, 6) is -1.17. The van der Waals surface area contributed by atoms with Crippen LogP contribution in [0.3, 0.4) is 0 Å². The van der Waals surface area contributed by atoms with E-state index in [2.05, 4.69) is 10.0 Å². The van der Waals surface area contributed by atoms with Crippen molar-refractivity contribution in [2.24, 2.45) is 0 Å². The molecule has 7 nitrogen and oxygen atoms in total. The lowest BCUT2D eigenvalue weighted by molar-refractivity contribution is -0.387. The Morgan fingerprint density at radius 1 is 1.47 bits per heavy atom. The average Bonchev–Trinajstić information content (AvgIpc) is 2.80. The fraction of sp³-hybridized carbons (Fsp3) is 0.400. The van der Waals surface area contributed by atoms with Crippen molar-refractivity contribution in [1.29, 1.82) is 0 Å². The van der Waals surface area contributed by atoms with Crippen LogP contribution in [0.25, 0.3) is 0 Å². The molecule has 1 atom stereocenters. The highest BCUT2D eigenvalue weighted by molar-refractivity contribution is 7.89. The minimum atomic E-state index is -3.86. The summed E-state index contributed by atoms with van der Waals surface area (Å²) in [6, 6.07) is 2.27. The van der Waals surface area contributed by atoms with Gasteiger partial charge in [-0.25, -0.2) is 13.1 Å². The lowest BCUT2D eigenvalue weighted by Crippen LogP contribution is -2.36. The zero-order chi connectivity index (χ0) is 14.0. The Morgan fingerprint density at radius 3 is 2.74 bits per heavy atom. The van der Waals surface area contributed by atoms with Crippen LogP contribution in [0.5, 0.6) is 0 Å². The zero-order valence-corrected chi connectivity index (χ0v) is 10.6. The number of rotatable bonds is 4. The fourth-order valence-electron chi connectivity index (χ4n) is 1.85. The van der Waals surface area contributed by atoms with E-state index >= 15 is 0 Å². The SMILES string of the molecule is O=[N+]([O-])c1ccc(S(=O)(=O)N[C@@H]2CCNC2)cc1F. The molecule has 19 heavy (non-hydrogen) atoms. The minimum absolute atomic E-state index is 0.247. The van der Waals surface area contributed by atoms with Gasteiger partial charge in [-0.15, -0.1) is 0 Å². The number of nitrogens with zero attached hydrogens (tertiary/aromatic N) is 1. The number of hydrogen-bond donors (Lipinski definition) is 2. The van der Waals surface area contributed by atoms with Crippen molar-refractivity contribution in [3.05, 3.63) is 34.1 Å². The molecule has 9 heteroatoms. The van der Waals surface area contributed by atoms with Gasteiger partial charge in [-0.05, 0) is 19.0 Å². The molecule has 1 aromatic carbocycles. The molecule has 0 spiro atoms. The number of nitro benzene ring substituents is 1. The number of nitro groups is 1. The summed E-state index contributed by atoms with van der Waals surface area (Å²) in [4.78, 5) is 9.23. The van der Waals surface area contributed by atoms with Crippen molar-refractivity contribution in [1.82, 2.24) is 10.0 Å². The Morgan fingerprint density at radius 2 is 2.21 bits per heavy atom. The first-order chi connectivity index (χ1) is 8.90. The van der Waals surface area contributed by atoms with Crippen molar-refractivity contribution in [2.75, 3.05) is 13.1 Å². The first-order valence-electron chi connectivity index (χ1n) is 5.57. The molecule has 0 aliphatic carbocycles. The van der Waals surface area contributed by atoms with Crippen molar-refractivity contribution < 1.29 is 17.7 Å². The summed E-state index contributed by atoms with van der Waals surface area (Å²) in [6.07, 6.45) is 0.648. The van der Waals surface area contributed by atoms with Crippen molar-refractivity contribution in [3.63, 3.8) is 0 Å². The third kappa shape index (κ3) is 3.06. The first kappa shape index (κ1) is 13.8. The lowest BCUT2D eigenvalue weighted by Gasteiger charge is -2.11. The predicted molar refractivity (Wildman–Crippen MR) is 64.7 cm³/mol. The first-order valence-corrected chi connectivity index (χ1v) is 7.05. The van der Waals surface area contributed by atoms with E-state index in [0.717, 1.165) is 12.1 Å². The maximum Gasteiger partial charge on any atom is 0.304 e. The Labute approximate surface area is 109 Å². The van der Waals surface area contributed by atoms with Crippen molar-refractivity contribution >= 4 is 15.7 Å². The van der Waals surface area contributed by atoms with Crippen LogP contribution in [0.1, 0.15) is 6.42 Å². The molecule has 0 saturated carbocycles. The van der Waals surface area contributed by atoms with Gasteiger partial charge < -0.3 is 5.32 Å². The van der Waals surface area contributed by atoms with Gasteiger partial charge in [0.05, 0.1) is 9.82 Å². The molecule has 2 N–H and O–H groups in total. The van der Waals surface area contributed by atoms with Crippen LogP contribution in [0.4, 0.5) is 10.1 Å². The second-order valence-corrected chi connectivity index (χ2v) is 5.90. The van der Waals surface area contributed by atoms with E-state index in [4.69, 9.17) is 0 Å². The lowest BCUT2D eigenvalue weighted by atomic mass is 10.3. The van der Waals surface area contributed by atoms with Gasteiger partial charge in [-0.1, -0.05) is 0 Å². The van der Waals surface area contributed by atoms with E-state index in [0.29, 0.717) is 25.6 Å². The standard InChI is InChI=1S/C10H12FN3O4S/c11-9-5-8(1-2-10(9)14(15)16)19(17,18)13-7-3-4-12-6-7/h1-2,5,7,12-13H,3-4,6H2/t7-/m1/s1. The number of nitrogens with one attached hydrogen (secondary N) is 2. The monoisotopic (exact) mass is 289 g/mol. The summed E-state index contributed by atoms with van der Waals surface area (Å²) in [5, 5.41) is 13.4. The fourth-order valence-corrected chi connectivity index (χ4v) is 3.13. The molecule has 0 amide bonds. The highest BCUT2D eigenvalue weighted by Crippen LogP contribution is 2.21. The zero-order valence-electron chi connectivity index (χ0n) is 9.80. The van der Waals surface area contributed by atoms with Crippen LogP contribution in [-0.2, 0) is 10.0 Å². The Hall–Kier alpha value is -1.58. The molecule has 1 heterocycles. The smallest absolute Gasteiger partial charge is 0.304 e. The van der Waals surface area contributed by atoms with Crippen LogP contribution in [0, 0.1) is 15.9 Å². The number of benzene rings is 1. The molecule has 1 fully saturated rings. The Bertz CT molecular complexity index is 599. The summed E-state index contributed by atoms with van der Waals surface area (Å²) < 4.78 is 39.7. The number of sulfonamides is 1. The predicted octanol–water partition coefficient (Wildman–Crippen LogP) is 0.374. The third-order valence-corrected chi connectivity index (χ3v) is 4.33. The van der Waals surface area contributed by atoms with Gasteiger partial charge in [-0.3, -0.25) is 10.1 Å². The van der Waals surface area contributed by atoms with Crippen LogP contribution in [-0.4, -0.2) is 32.5 Å². The van der Waals surface area contributed by atoms with Gasteiger partial charge in [-0.2, -0.15) is 4.39 Å². The molecule has 1 aliphatic rings. The normalized spacial score (nSPS) is 19.5. The van der Waals surface area contributed by atoms with Crippen molar-refractivity contribution in [3.8, 4) is 0 Å². The highest BCUT2D eigenvalue weighted by atomic mass is 32.2. The third-order valence-electron chi connectivity index (χ3n) is 2.81. The quantitative estimate of drug-likeness (QED) is 0.616. The number of hydrogen-bond acceptors (Lipinski definition) is 5. The second-order valence-electron chi connectivity index (χ2n) is 4.18. The maximum atomic E-state index is 13.4. The van der Waals surface area contributed by atoms with E-state index in [1.54, 1.807) is 0 Å². The van der Waals surface area contributed by atoms with Crippen LogP contribution < -0.4 is 10.0 Å². The summed E-state index contributed by atoms with van der Waals surface area (Å²) in [5.41, 5.74) is -0.749. The molecule has 1 aliphatic heterocycles. The second kappa shape index (κ2) is 5.19. The molecule has 0 bridgehead atoms. The van der Waals surface area contributed by atoms with E-state index in [1.165, 1.54) is 0 Å². The molecular weight excluding hydrogens is 277 g/mol. The average molecular weight is 289 g/mol. The van der Waals surface area contributed by atoms with Crippen LogP contribution >= 0.6 is 0 Å². The topological polar surface area (TPSA) is 101 Å². The van der Waals surface area contributed by atoms with Crippen molar-refractivity contribution in [2.45, 2.75) is 17.4 Å². The summed E-state index contributed by atoms with van der Waals surface area (Å²) in [7, 11) is -3.86. The summed E-state index contributed by atoms with van der Waals surface area (Å²) >= 11 is 0. The van der Waals surface area contributed by atoms with E-state index in [9.17, 15) is 22.9 Å². The summed E-state index contributed by atoms with van der Waals surface area (Å²) in [6.45, 7) is 1.22. The molecule has 0 unspecified atom stereocenters. The molecule has 0 radical (unpaired) electrons.